The minimum absolute atomic E-state index is 0.0341. The molecule has 0 N–H and O–H groups in total. The quantitative estimate of drug-likeness (QED) is 0.371. The van der Waals surface area contributed by atoms with Crippen molar-refractivity contribution >= 4 is 30.2 Å². The highest BCUT2D eigenvalue weighted by Gasteiger charge is 2.20. The van der Waals surface area contributed by atoms with Crippen LogP contribution < -0.4 is 4.52 Å². The van der Waals surface area contributed by atoms with Gasteiger partial charge < -0.3 is 12.9 Å². The molecule has 1 aromatic heterocycles. The number of rotatable bonds is 2. The summed E-state index contributed by atoms with van der Waals surface area (Å²) in [7, 11) is -1.61. The van der Waals surface area contributed by atoms with Gasteiger partial charge in [0.25, 0.3) is 0 Å². The van der Waals surface area contributed by atoms with Crippen molar-refractivity contribution in [1.82, 2.24) is 0 Å². The lowest BCUT2D eigenvalue weighted by molar-refractivity contribution is 0.478. The van der Waals surface area contributed by atoms with E-state index in [0.717, 1.165) is 33.3 Å². The van der Waals surface area contributed by atoms with E-state index >= 15 is 0 Å². The minimum Gasteiger partial charge on any atom is -0.390 e. The molecule has 0 aliphatic carbocycles. The largest absolute Gasteiger partial charge is 0.453 e. The van der Waals surface area contributed by atoms with Gasteiger partial charge >= 0.3 is 8.24 Å². The van der Waals surface area contributed by atoms with Crippen molar-refractivity contribution in [3.05, 3.63) is 78.4 Å². The molecule has 3 nitrogen and oxygen atoms in total. The van der Waals surface area contributed by atoms with Crippen LogP contribution in [0.4, 0.5) is 0 Å². The first-order valence-corrected chi connectivity index (χ1v) is 9.74. The molecule has 3 aromatic carbocycles. The Hall–Kier alpha value is -2.64. The highest BCUT2D eigenvalue weighted by molar-refractivity contribution is 7.32. The van der Waals surface area contributed by atoms with Crippen molar-refractivity contribution in [2.75, 3.05) is 0 Å². The first kappa shape index (κ1) is 16.8. The summed E-state index contributed by atoms with van der Waals surface area (Å²) >= 11 is 0. The lowest BCUT2D eigenvalue weighted by Crippen LogP contribution is -2.11. The van der Waals surface area contributed by atoms with Gasteiger partial charge in [0.15, 0.2) is 0 Å². The van der Waals surface area contributed by atoms with Gasteiger partial charge in [0.2, 0.25) is 0 Å². The zero-order chi connectivity index (χ0) is 18.1. The molecule has 0 saturated carbocycles. The van der Waals surface area contributed by atoms with Crippen LogP contribution in [0.1, 0.15) is 26.3 Å². The molecule has 26 heavy (non-hydrogen) atoms. The zero-order valence-corrected chi connectivity index (χ0v) is 16.0. The molecule has 0 amide bonds. The summed E-state index contributed by atoms with van der Waals surface area (Å²) in [5.74, 6) is 0.794. The van der Waals surface area contributed by atoms with Gasteiger partial charge in [0.05, 0.1) is 0 Å². The van der Waals surface area contributed by atoms with Crippen LogP contribution >= 0.6 is 8.24 Å². The zero-order valence-electron chi connectivity index (χ0n) is 15.1. The number of hydrogen-bond donors (Lipinski definition) is 0. The summed E-state index contributed by atoms with van der Waals surface area (Å²) in [6, 6.07) is 24.0. The van der Waals surface area contributed by atoms with Gasteiger partial charge in [-0.3, -0.25) is 0 Å². The predicted octanol–water partition coefficient (Wildman–Crippen LogP) is 7.43. The maximum Gasteiger partial charge on any atom is 0.453 e. The summed E-state index contributed by atoms with van der Waals surface area (Å²) in [4.78, 5) is 0. The standard InChI is InChI=1S/C22H21O3P/c1-22(2,3)18-12-6-9-15-21(18)25-26-23-19-13-7-4-10-16(19)17-11-5-8-14-20(17)24-26/h4-15H,1-3H3. The van der Waals surface area contributed by atoms with Gasteiger partial charge in [-0.1, -0.05) is 75.4 Å². The molecule has 0 unspecified atom stereocenters. The van der Waals surface area contributed by atoms with Gasteiger partial charge in [0, 0.05) is 16.3 Å². The SMILES string of the molecule is CC(C)(C)c1ccccc1Op1oc2ccccc2c2ccccc2o1. The topological polar surface area (TPSA) is 35.5 Å². The second-order valence-electron chi connectivity index (χ2n) is 7.24. The fourth-order valence-electron chi connectivity index (χ4n) is 3.00. The van der Waals surface area contributed by atoms with Gasteiger partial charge in [-0.05, 0) is 23.6 Å². The Labute approximate surface area is 153 Å². The third-order valence-electron chi connectivity index (χ3n) is 4.28. The van der Waals surface area contributed by atoms with E-state index in [1.165, 1.54) is 0 Å². The lowest BCUT2D eigenvalue weighted by Gasteiger charge is -2.21. The maximum absolute atomic E-state index is 6.23. The summed E-state index contributed by atoms with van der Waals surface area (Å²) in [6.45, 7) is 6.51. The van der Waals surface area contributed by atoms with Gasteiger partial charge in [-0.25, -0.2) is 0 Å². The third-order valence-corrected chi connectivity index (χ3v) is 5.32. The average molecular weight is 364 g/mol. The Morgan fingerprint density at radius 1 is 0.692 bits per heavy atom. The molecule has 0 fully saturated rings. The van der Waals surface area contributed by atoms with Crippen LogP contribution in [0, 0.1) is 0 Å². The van der Waals surface area contributed by atoms with Crippen LogP contribution in [0.2, 0.25) is 0 Å². The molecule has 4 rings (SSSR count). The molecular weight excluding hydrogens is 343 g/mol. The van der Waals surface area contributed by atoms with Crippen molar-refractivity contribution < 1.29 is 12.9 Å². The molecular formula is C22H21O3P. The first-order valence-electron chi connectivity index (χ1n) is 8.64. The molecule has 0 saturated heterocycles. The van der Waals surface area contributed by atoms with Crippen molar-refractivity contribution in [1.29, 1.82) is 0 Å². The van der Waals surface area contributed by atoms with Crippen LogP contribution in [0.25, 0.3) is 21.9 Å². The van der Waals surface area contributed by atoms with E-state index in [4.69, 9.17) is 12.9 Å². The Balaban J connectivity index is 1.93. The van der Waals surface area contributed by atoms with E-state index in [1.54, 1.807) is 0 Å². The van der Waals surface area contributed by atoms with Gasteiger partial charge in [-0.2, -0.15) is 0 Å². The van der Waals surface area contributed by atoms with Gasteiger partial charge in [-0.15, -0.1) is 0 Å². The van der Waals surface area contributed by atoms with Crippen LogP contribution in [-0.4, -0.2) is 0 Å². The summed E-state index contributed by atoms with van der Waals surface area (Å²) in [6.07, 6.45) is 0. The van der Waals surface area contributed by atoms with Crippen molar-refractivity contribution in [3.8, 4) is 5.75 Å². The fraction of sp³-hybridized carbons (Fsp3) is 0.182. The number of benzene rings is 3. The molecule has 4 heteroatoms. The van der Waals surface area contributed by atoms with Crippen molar-refractivity contribution in [3.63, 3.8) is 0 Å². The Morgan fingerprint density at radius 2 is 1.19 bits per heavy atom. The number of para-hydroxylation sites is 3. The average Bonchev–Trinajstić information content (AvgIpc) is 2.77. The van der Waals surface area contributed by atoms with Crippen molar-refractivity contribution in [2.45, 2.75) is 26.2 Å². The number of hydrogen-bond acceptors (Lipinski definition) is 3. The van der Waals surface area contributed by atoms with E-state index in [2.05, 4.69) is 26.8 Å². The van der Waals surface area contributed by atoms with E-state index < -0.39 is 8.24 Å². The molecule has 0 bridgehead atoms. The van der Waals surface area contributed by atoms with E-state index in [9.17, 15) is 0 Å². The molecule has 0 aliphatic heterocycles. The summed E-state index contributed by atoms with van der Waals surface area (Å²) in [5, 5.41) is 2.03. The maximum atomic E-state index is 6.23. The third kappa shape index (κ3) is 3.23. The highest BCUT2D eigenvalue weighted by Crippen LogP contribution is 2.40. The molecule has 0 atom stereocenters. The molecule has 132 valence electrons. The van der Waals surface area contributed by atoms with E-state index in [0.29, 0.717) is 0 Å². The summed E-state index contributed by atoms with van der Waals surface area (Å²) in [5.41, 5.74) is 2.64. The first-order chi connectivity index (χ1) is 12.5. The van der Waals surface area contributed by atoms with Crippen LogP contribution in [0.15, 0.2) is 81.2 Å². The van der Waals surface area contributed by atoms with E-state index in [-0.39, 0.29) is 5.41 Å². The van der Waals surface area contributed by atoms with Gasteiger partial charge in [0.1, 0.15) is 16.9 Å². The van der Waals surface area contributed by atoms with Crippen LogP contribution in [-0.2, 0) is 5.41 Å². The molecule has 1 heterocycles. The fourth-order valence-corrected chi connectivity index (χ4v) is 4.07. The highest BCUT2D eigenvalue weighted by atomic mass is 31.1. The molecule has 4 aromatic rings. The smallest absolute Gasteiger partial charge is 0.390 e. The Bertz CT molecular complexity index is 1050. The monoisotopic (exact) mass is 364 g/mol. The minimum atomic E-state index is -1.61. The Kier molecular flexibility index (Phi) is 4.26. The molecule has 0 aliphatic rings. The van der Waals surface area contributed by atoms with Crippen LogP contribution in [0.5, 0.6) is 5.75 Å². The number of fused-ring (bicyclic) bond motifs is 3. The normalized spacial score (nSPS) is 11.7. The summed E-state index contributed by atoms with van der Waals surface area (Å²) < 4.78 is 18.5. The Morgan fingerprint density at radius 3 is 1.77 bits per heavy atom. The second kappa shape index (κ2) is 6.59. The molecule has 0 spiro atoms. The van der Waals surface area contributed by atoms with Crippen LogP contribution in [0.3, 0.4) is 0 Å². The predicted molar refractivity (Wildman–Crippen MR) is 107 cm³/mol. The molecule has 0 radical (unpaired) electrons. The lowest BCUT2D eigenvalue weighted by atomic mass is 9.86. The van der Waals surface area contributed by atoms with E-state index in [1.807, 2.05) is 66.7 Å². The van der Waals surface area contributed by atoms with Crippen molar-refractivity contribution in [2.24, 2.45) is 0 Å². The second-order valence-corrected chi connectivity index (χ2v) is 8.23.